The molecule has 1 aliphatic rings. The Balaban J connectivity index is 1.62. The third-order valence-electron chi connectivity index (χ3n) is 5.33. The first-order chi connectivity index (χ1) is 16.1. The van der Waals surface area contributed by atoms with Gasteiger partial charge in [0.05, 0.1) is 23.7 Å². The highest BCUT2D eigenvalue weighted by molar-refractivity contribution is 6.06. The van der Waals surface area contributed by atoms with Gasteiger partial charge in [0.1, 0.15) is 5.76 Å². The second-order valence-electron chi connectivity index (χ2n) is 7.55. The lowest BCUT2D eigenvalue weighted by atomic mass is 9.93. The number of para-hydroxylation sites is 2. The van der Waals surface area contributed by atoms with E-state index in [0.29, 0.717) is 29.9 Å². The van der Waals surface area contributed by atoms with Crippen molar-refractivity contribution in [2.24, 2.45) is 5.10 Å². The molecule has 0 bridgehead atoms. The molecule has 8 nitrogen and oxygen atoms in total. The number of hydrogen-bond acceptors (Lipinski definition) is 6. The Morgan fingerprint density at radius 2 is 1.67 bits per heavy atom. The molecule has 170 valence electrons. The lowest BCUT2D eigenvalue weighted by molar-refractivity contribution is 0.0923. The van der Waals surface area contributed by atoms with Crippen LogP contribution in [0.4, 0.5) is 16.2 Å². The summed E-state index contributed by atoms with van der Waals surface area (Å²) in [6.45, 7) is 3.82. The van der Waals surface area contributed by atoms with Crippen LogP contribution < -0.4 is 15.9 Å². The van der Waals surface area contributed by atoms with Crippen LogP contribution in [0.25, 0.3) is 0 Å². The van der Waals surface area contributed by atoms with Gasteiger partial charge >= 0.3 is 12.0 Å². The van der Waals surface area contributed by atoms with Crippen molar-refractivity contribution >= 4 is 29.1 Å². The van der Waals surface area contributed by atoms with Crippen molar-refractivity contribution in [1.82, 2.24) is 10.9 Å². The third kappa shape index (κ3) is 4.90. The maximum atomic E-state index is 13.3. The van der Waals surface area contributed by atoms with Gasteiger partial charge < -0.3 is 9.15 Å². The molecule has 0 saturated heterocycles. The summed E-state index contributed by atoms with van der Waals surface area (Å²) in [4.78, 5) is 25.0. The fourth-order valence-electron chi connectivity index (χ4n) is 3.86. The molecule has 0 radical (unpaired) electrons. The molecule has 1 aliphatic carbocycles. The summed E-state index contributed by atoms with van der Waals surface area (Å²) in [6, 6.07) is 19.1. The Morgan fingerprint density at radius 1 is 1.03 bits per heavy atom. The molecule has 0 unspecified atom stereocenters. The second kappa shape index (κ2) is 10.0. The number of rotatable bonds is 6. The zero-order chi connectivity index (χ0) is 23.2. The summed E-state index contributed by atoms with van der Waals surface area (Å²) in [6.07, 6.45) is 1.56. The number of nitrogens with one attached hydrogen (secondary N) is 2. The Labute approximate surface area is 192 Å². The van der Waals surface area contributed by atoms with Crippen LogP contribution >= 0.6 is 0 Å². The van der Waals surface area contributed by atoms with Crippen LogP contribution in [-0.2, 0) is 11.2 Å². The van der Waals surface area contributed by atoms with Crippen molar-refractivity contribution in [2.75, 3.05) is 11.6 Å². The smallest absolute Gasteiger partial charge is 0.427 e. The van der Waals surface area contributed by atoms with Gasteiger partial charge in [0.15, 0.2) is 5.76 Å². The molecule has 2 amide bonds. The minimum atomic E-state index is -0.613. The number of hydrogen-bond donors (Lipinski definition) is 2. The number of fused-ring (bicyclic) bond motifs is 1. The van der Waals surface area contributed by atoms with Gasteiger partial charge in [0, 0.05) is 17.5 Å². The van der Waals surface area contributed by atoms with E-state index < -0.39 is 6.09 Å². The first-order valence-electron chi connectivity index (χ1n) is 10.9. The highest BCUT2D eigenvalue weighted by atomic mass is 16.5. The van der Waals surface area contributed by atoms with E-state index >= 15 is 0 Å². The molecular weight excluding hydrogens is 420 g/mol. The summed E-state index contributed by atoms with van der Waals surface area (Å²) in [5.74, 6) is 0.550. The van der Waals surface area contributed by atoms with E-state index in [1.165, 1.54) is 0 Å². The second-order valence-corrected chi connectivity index (χ2v) is 7.55. The molecule has 1 heterocycles. The first kappa shape index (κ1) is 22.1. The van der Waals surface area contributed by atoms with Crippen LogP contribution in [0.15, 0.2) is 70.2 Å². The van der Waals surface area contributed by atoms with E-state index in [1.54, 1.807) is 11.9 Å². The van der Waals surface area contributed by atoms with Gasteiger partial charge in [0.25, 0.3) is 0 Å². The summed E-state index contributed by atoms with van der Waals surface area (Å²) >= 11 is 0. The number of hydrazine groups is 1. The Bertz CT molecular complexity index is 1120. The van der Waals surface area contributed by atoms with Gasteiger partial charge in [-0.1, -0.05) is 36.4 Å². The zero-order valence-electron chi connectivity index (χ0n) is 18.6. The summed E-state index contributed by atoms with van der Waals surface area (Å²) in [7, 11) is 0. The van der Waals surface area contributed by atoms with Crippen molar-refractivity contribution in [3.8, 4) is 0 Å². The Morgan fingerprint density at radius 3 is 2.27 bits per heavy atom. The lowest BCUT2D eigenvalue weighted by Crippen LogP contribution is -2.39. The van der Waals surface area contributed by atoms with Crippen molar-refractivity contribution < 1.29 is 18.7 Å². The number of carbonyl (C=O) groups excluding carboxylic acids is 2. The van der Waals surface area contributed by atoms with E-state index in [4.69, 9.17) is 9.15 Å². The molecule has 0 atom stereocenters. The molecule has 8 heteroatoms. The number of furan rings is 1. The molecule has 2 aromatic carbocycles. The average molecular weight is 447 g/mol. The molecule has 0 fully saturated rings. The number of amides is 2. The van der Waals surface area contributed by atoms with Crippen molar-refractivity contribution in [3.05, 3.63) is 83.3 Å². The fourth-order valence-corrected chi connectivity index (χ4v) is 3.86. The van der Waals surface area contributed by atoms with E-state index in [1.807, 2.05) is 67.6 Å². The highest BCUT2D eigenvalue weighted by Crippen LogP contribution is 2.30. The third-order valence-corrected chi connectivity index (χ3v) is 5.33. The van der Waals surface area contributed by atoms with Gasteiger partial charge in [-0.25, -0.2) is 10.2 Å². The minimum Gasteiger partial charge on any atom is -0.455 e. The van der Waals surface area contributed by atoms with Gasteiger partial charge in [-0.05, 0) is 51.0 Å². The molecule has 0 saturated carbocycles. The average Bonchev–Trinajstić information content (AvgIpc) is 3.19. The van der Waals surface area contributed by atoms with Crippen LogP contribution in [0.1, 0.15) is 47.2 Å². The highest BCUT2D eigenvalue weighted by Gasteiger charge is 2.29. The van der Waals surface area contributed by atoms with Crippen LogP contribution in [0.3, 0.4) is 0 Å². The monoisotopic (exact) mass is 446 g/mol. The van der Waals surface area contributed by atoms with Gasteiger partial charge in [0.2, 0.25) is 0 Å². The molecule has 2 N–H and O–H groups in total. The van der Waals surface area contributed by atoms with Crippen molar-refractivity contribution in [2.45, 2.75) is 33.1 Å². The largest absolute Gasteiger partial charge is 0.455 e. The maximum Gasteiger partial charge on any atom is 0.427 e. The number of carbonyl (C=O) groups is 2. The fraction of sp³-hybridized carbons (Fsp3) is 0.240. The molecule has 3 aromatic rings. The summed E-state index contributed by atoms with van der Waals surface area (Å²) < 4.78 is 10.9. The summed E-state index contributed by atoms with van der Waals surface area (Å²) in [5.41, 5.74) is 9.14. The Hall–Kier alpha value is -4.07. The molecule has 0 aliphatic heterocycles. The zero-order valence-corrected chi connectivity index (χ0v) is 18.6. The first-order valence-corrected chi connectivity index (χ1v) is 10.9. The number of hydrazone groups is 1. The van der Waals surface area contributed by atoms with Crippen LogP contribution in [-0.4, -0.2) is 24.3 Å². The quantitative estimate of drug-likeness (QED) is 0.527. The molecular formula is C25H26N4O4. The van der Waals surface area contributed by atoms with Crippen molar-refractivity contribution in [1.29, 1.82) is 0 Å². The number of anilines is 2. The van der Waals surface area contributed by atoms with Gasteiger partial charge in [-0.3, -0.25) is 15.2 Å². The summed E-state index contributed by atoms with van der Waals surface area (Å²) in [5, 5.41) is 5.95. The van der Waals surface area contributed by atoms with Gasteiger partial charge in [-0.2, -0.15) is 5.10 Å². The van der Waals surface area contributed by atoms with E-state index in [0.717, 1.165) is 23.4 Å². The topological polar surface area (TPSA) is 96.2 Å². The maximum absolute atomic E-state index is 13.3. The number of aryl methyl sites for hydroxylation is 1. The number of nitrogens with zero attached hydrogens (tertiary/aromatic N) is 2. The standard InChI is InChI=1S/C25H26N4O4/c1-3-32-25(31)27-26-20-15-10-16-21-22(20)17(2)23(33-21)24(30)28-29(18-11-6-4-7-12-18)19-13-8-5-9-14-19/h4-9,11-14H,3,10,15-16H2,1-2H3,(H,27,31)(H,28,30)/b26-20+. The van der Waals surface area contributed by atoms with Crippen molar-refractivity contribution in [3.63, 3.8) is 0 Å². The van der Waals surface area contributed by atoms with E-state index in [2.05, 4.69) is 16.0 Å². The minimum absolute atomic E-state index is 0.225. The number of ether oxygens (including phenoxy) is 1. The molecule has 1 aromatic heterocycles. The van der Waals surface area contributed by atoms with Crippen LogP contribution in [0, 0.1) is 6.92 Å². The SMILES string of the molecule is CCOC(=O)N/N=C1\CCCc2oc(C(=O)NN(c3ccccc3)c3ccccc3)c(C)c21. The predicted octanol–water partition coefficient (Wildman–Crippen LogP) is 4.86. The predicted molar refractivity (Wildman–Crippen MR) is 126 cm³/mol. The molecule has 33 heavy (non-hydrogen) atoms. The van der Waals surface area contributed by atoms with Crippen LogP contribution in [0.2, 0.25) is 0 Å². The van der Waals surface area contributed by atoms with Crippen LogP contribution in [0.5, 0.6) is 0 Å². The Kier molecular flexibility index (Phi) is 6.73. The number of benzene rings is 2. The van der Waals surface area contributed by atoms with E-state index in [9.17, 15) is 9.59 Å². The lowest BCUT2D eigenvalue weighted by Gasteiger charge is -2.25. The van der Waals surface area contributed by atoms with E-state index in [-0.39, 0.29) is 18.3 Å². The normalized spacial score (nSPS) is 13.8. The molecule has 0 spiro atoms. The molecule has 4 rings (SSSR count). The van der Waals surface area contributed by atoms with Gasteiger partial charge in [-0.15, -0.1) is 0 Å².